The van der Waals surface area contributed by atoms with E-state index in [0.29, 0.717) is 11.1 Å². The smallest absolute Gasteiger partial charge is 0.790 e. The van der Waals surface area contributed by atoms with Crippen LogP contribution in [0.15, 0.2) is 54.8 Å². The summed E-state index contributed by atoms with van der Waals surface area (Å²) in [6.45, 7) is 5.12. The third kappa shape index (κ3) is 19.5. The van der Waals surface area contributed by atoms with Crippen molar-refractivity contribution in [1.82, 2.24) is 0 Å². The van der Waals surface area contributed by atoms with E-state index in [9.17, 15) is 9.76 Å². The fourth-order valence-corrected chi connectivity index (χ4v) is 3.24. The SMILES string of the molecule is CC.CN(O)c1ccc(/C=C/C/C=C\C=C/[NH2+]CCCCCCSS[O-])cc1.[Na+]. The summed E-state index contributed by atoms with van der Waals surface area (Å²) in [5.41, 5.74) is 1.90. The second kappa shape index (κ2) is 24.1. The van der Waals surface area contributed by atoms with Crippen LogP contribution in [0, 0.1) is 0 Å². The summed E-state index contributed by atoms with van der Waals surface area (Å²) in [6.07, 6.45) is 18.3. The van der Waals surface area contributed by atoms with E-state index in [-0.39, 0.29) is 29.6 Å². The van der Waals surface area contributed by atoms with Gasteiger partial charge in [-0.3, -0.25) is 10.3 Å². The molecule has 0 amide bonds. The number of hydrogen-bond donors (Lipinski definition) is 2. The molecular weight excluding hydrogens is 411 g/mol. The molecule has 0 aliphatic rings. The van der Waals surface area contributed by atoms with E-state index in [1.807, 2.05) is 38.1 Å². The van der Waals surface area contributed by atoms with Gasteiger partial charge in [-0.1, -0.05) is 56.7 Å². The van der Waals surface area contributed by atoms with Crippen LogP contribution in [0.5, 0.6) is 0 Å². The number of benzene rings is 1. The molecule has 1 rings (SSSR count). The monoisotopic (exact) mass is 447 g/mol. The molecule has 0 aliphatic heterocycles. The average molecular weight is 448 g/mol. The zero-order chi connectivity index (χ0) is 20.9. The van der Waals surface area contributed by atoms with Gasteiger partial charge in [0.25, 0.3) is 0 Å². The zero-order valence-electron chi connectivity index (χ0n) is 18.4. The number of hydrogen-bond acceptors (Lipinski definition) is 5. The van der Waals surface area contributed by atoms with Gasteiger partial charge in [-0.05, 0) is 49.5 Å². The summed E-state index contributed by atoms with van der Waals surface area (Å²) in [5, 5.41) is 12.6. The van der Waals surface area contributed by atoms with Crippen LogP contribution < -0.4 is 39.9 Å². The summed E-state index contributed by atoms with van der Waals surface area (Å²) in [6, 6.07) is 7.75. The Balaban J connectivity index is 0. The minimum atomic E-state index is 0. The molecule has 7 heteroatoms. The van der Waals surface area contributed by atoms with Crippen LogP contribution in [-0.2, 0) is 0 Å². The van der Waals surface area contributed by atoms with E-state index in [4.69, 9.17) is 0 Å². The quantitative estimate of drug-likeness (QED) is 0.115. The maximum atomic E-state index is 10.2. The fourth-order valence-electron chi connectivity index (χ4n) is 2.29. The fraction of sp³-hybridized carbons (Fsp3) is 0.455. The van der Waals surface area contributed by atoms with Gasteiger partial charge in [-0.15, -0.1) is 10.8 Å². The number of nitrogens with two attached hydrogens (primary N) is 1. The van der Waals surface area contributed by atoms with Crippen LogP contribution in [0.2, 0.25) is 0 Å². The molecule has 0 aliphatic carbocycles. The molecule has 0 saturated carbocycles. The van der Waals surface area contributed by atoms with E-state index in [1.165, 1.54) is 30.1 Å². The van der Waals surface area contributed by atoms with Crippen molar-refractivity contribution in [3.63, 3.8) is 0 Å². The molecule has 4 nitrogen and oxygen atoms in total. The Labute approximate surface area is 207 Å². The Morgan fingerprint density at radius 1 is 1.03 bits per heavy atom. The first-order chi connectivity index (χ1) is 13.7. The third-order valence-electron chi connectivity index (χ3n) is 3.74. The summed E-state index contributed by atoms with van der Waals surface area (Å²) in [5.74, 6) is 0.975. The summed E-state index contributed by atoms with van der Waals surface area (Å²) < 4.78 is 10.2. The van der Waals surface area contributed by atoms with Crippen molar-refractivity contribution >= 4 is 33.6 Å². The molecule has 29 heavy (non-hydrogen) atoms. The van der Waals surface area contributed by atoms with Crippen molar-refractivity contribution in [2.75, 3.05) is 24.4 Å². The first-order valence-corrected chi connectivity index (χ1v) is 12.2. The molecule has 3 N–H and O–H groups in total. The van der Waals surface area contributed by atoms with Crippen molar-refractivity contribution in [3.05, 3.63) is 60.3 Å². The Bertz CT molecular complexity index is 550. The Kier molecular flexibility index (Phi) is 25.8. The van der Waals surface area contributed by atoms with E-state index >= 15 is 0 Å². The molecule has 0 spiro atoms. The van der Waals surface area contributed by atoms with Gasteiger partial charge in [-0.25, -0.2) is 0 Å². The third-order valence-corrected chi connectivity index (χ3v) is 5.08. The van der Waals surface area contributed by atoms with E-state index in [1.54, 1.807) is 7.05 Å². The van der Waals surface area contributed by atoms with Gasteiger partial charge in [0.15, 0.2) is 0 Å². The maximum absolute atomic E-state index is 10.2. The number of hydroxylamine groups is 1. The van der Waals surface area contributed by atoms with Crippen molar-refractivity contribution in [2.24, 2.45) is 0 Å². The molecule has 1 aromatic rings. The van der Waals surface area contributed by atoms with Gasteiger partial charge in [0.2, 0.25) is 0 Å². The number of quaternary nitrogens is 1. The standard InChI is InChI=1S/C20H30N2O2S2.C2H6.Na/c1-22(23)20-14-12-19(13-15-20)11-7-3-2-4-8-16-21-17-9-5-6-10-18-25-26-24;1-2;/h2,4,7-8,11-16,21,23-24H,3,5-6,9-10,17-18H2,1H3;1-2H3;/q;;+1/b4-2-,11-7+,16-8-;;. The Morgan fingerprint density at radius 3 is 2.38 bits per heavy atom. The maximum Gasteiger partial charge on any atom is 1.00 e. The number of anilines is 1. The van der Waals surface area contributed by atoms with Gasteiger partial charge in [-0.2, -0.15) is 11.1 Å². The van der Waals surface area contributed by atoms with Crippen molar-refractivity contribution < 1.29 is 44.6 Å². The predicted molar refractivity (Wildman–Crippen MR) is 126 cm³/mol. The van der Waals surface area contributed by atoms with E-state index in [2.05, 4.69) is 41.9 Å². The predicted octanol–water partition coefficient (Wildman–Crippen LogP) is 2.65. The molecule has 0 atom stereocenters. The van der Waals surface area contributed by atoms with Crippen LogP contribution in [0.1, 0.15) is 51.5 Å². The number of unbranched alkanes of at least 4 members (excludes halogenated alkanes) is 3. The Morgan fingerprint density at radius 2 is 1.72 bits per heavy atom. The molecule has 0 fully saturated rings. The first-order valence-electron chi connectivity index (χ1n) is 9.99. The molecule has 0 heterocycles. The second-order valence-electron chi connectivity index (χ2n) is 5.89. The van der Waals surface area contributed by atoms with Gasteiger partial charge in [0.1, 0.15) is 0 Å². The molecule has 0 aromatic heterocycles. The van der Waals surface area contributed by atoms with E-state index < -0.39 is 0 Å². The molecule has 0 bridgehead atoms. The van der Waals surface area contributed by atoms with Gasteiger partial charge >= 0.3 is 29.6 Å². The van der Waals surface area contributed by atoms with Crippen LogP contribution in [0.3, 0.4) is 0 Å². The molecule has 1 aromatic carbocycles. The summed E-state index contributed by atoms with van der Waals surface area (Å²) in [4.78, 5) is 0. The van der Waals surface area contributed by atoms with Crippen LogP contribution in [-0.4, -0.2) is 29.1 Å². The van der Waals surface area contributed by atoms with Crippen molar-refractivity contribution in [1.29, 1.82) is 0 Å². The van der Waals surface area contributed by atoms with Crippen molar-refractivity contribution in [3.8, 4) is 0 Å². The van der Waals surface area contributed by atoms with Crippen LogP contribution in [0.25, 0.3) is 6.08 Å². The molecule has 0 saturated heterocycles. The number of rotatable bonds is 14. The first kappa shape index (κ1) is 31.0. The summed E-state index contributed by atoms with van der Waals surface area (Å²) >= 11 is 0.617. The van der Waals surface area contributed by atoms with Gasteiger partial charge in [0, 0.05) is 12.8 Å². The Hall–Kier alpha value is -0.180. The largest absolute Gasteiger partial charge is 1.00 e. The van der Waals surface area contributed by atoms with Crippen LogP contribution in [0.4, 0.5) is 5.69 Å². The van der Waals surface area contributed by atoms with Gasteiger partial charge in [0.05, 0.1) is 18.4 Å². The number of allylic oxidation sites excluding steroid dienone is 4. The minimum absolute atomic E-state index is 0. The normalized spacial score (nSPS) is 10.9. The molecule has 158 valence electrons. The average Bonchev–Trinajstić information content (AvgIpc) is 2.72. The summed E-state index contributed by atoms with van der Waals surface area (Å²) in [7, 11) is 3.02. The van der Waals surface area contributed by atoms with Crippen molar-refractivity contribution in [2.45, 2.75) is 46.0 Å². The van der Waals surface area contributed by atoms with Crippen LogP contribution >= 0.6 is 21.9 Å². The molecular formula is C22H36N2NaO2S2+. The second-order valence-corrected chi connectivity index (χ2v) is 7.79. The minimum Gasteiger partial charge on any atom is -0.790 e. The topological polar surface area (TPSA) is 63.1 Å². The molecule has 0 radical (unpaired) electrons. The zero-order valence-corrected chi connectivity index (χ0v) is 22.1. The molecule has 0 unspecified atom stereocenters. The van der Waals surface area contributed by atoms with E-state index in [0.717, 1.165) is 41.5 Å². The number of nitrogens with zero attached hydrogens (tertiary/aromatic N) is 1. The van der Waals surface area contributed by atoms with Gasteiger partial charge < -0.3 is 9.87 Å².